The van der Waals surface area contributed by atoms with Crippen molar-refractivity contribution < 1.29 is 38.1 Å². The average molecular weight is 550 g/mol. The Balaban J connectivity index is 1.86. The monoisotopic (exact) mass is 549 g/mol. The summed E-state index contributed by atoms with van der Waals surface area (Å²) in [6.07, 6.45) is -3.91. The van der Waals surface area contributed by atoms with Crippen LogP contribution in [-0.2, 0) is 23.4 Å². The summed E-state index contributed by atoms with van der Waals surface area (Å²) in [7, 11) is -4.05. The molecule has 0 radical (unpaired) electrons. The number of nitrogen functional groups attached to an aromatic ring is 1. The van der Waals surface area contributed by atoms with Gasteiger partial charge < -0.3 is 29.9 Å². The van der Waals surface area contributed by atoms with Gasteiger partial charge in [0, 0.05) is 6.20 Å². The van der Waals surface area contributed by atoms with Gasteiger partial charge in [-0.05, 0) is 39.0 Å². The topological polar surface area (TPSA) is 172 Å². The van der Waals surface area contributed by atoms with Gasteiger partial charge in [0.2, 0.25) is 0 Å². The van der Waals surface area contributed by atoms with Gasteiger partial charge in [0.15, 0.2) is 11.8 Å². The summed E-state index contributed by atoms with van der Waals surface area (Å²) in [5.41, 5.74) is 2.48. The number of ether oxygens (including phenoxy) is 2. The second-order valence-electron chi connectivity index (χ2n) is 9.09. The van der Waals surface area contributed by atoms with Gasteiger partial charge in [-0.25, -0.2) is 9.36 Å². The van der Waals surface area contributed by atoms with E-state index in [1.807, 2.05) is 0 Å². The van der Waals surface area contributed by atoms with Crippen molar-refractivity contribution in [2.75, 3.05) is 18.5 Å². The summed E-state index contributed by atoms with van der Waals surface area (Å²) in [6, 6.07) is 9.55. The molecule has 2 aromatic rings. The molecular weight excluding hydrogens is 517 g/mol. The van der Waals surface area contributed by atoms with Gasteiger partial charge >= 0.3 is 19.3 Å². The van der Waals surface area contributed by atoms with E-state index in [0.29, 0.717) is 0 Å². The number of nitrogens with two attached hydrogens (primary N) is 1. The number of anilines is 1. The lowest BCUT2D eigenvalue weighted by molar-refractivity contribution is -0.151. The highest BCUT2D eigenvalue weighted by Gasteiger charge is 2.56. The molecule has 0 saturated carbocycles. The molecule has 1 aromatic heterocycles. The molecule has 1 aliphatic heterocycles. The van der Waals surface area contributed by atoms with Gasteiger partial charge in [-0.15, -0.1) is 5.92 Å². The third-order valence-corrected chi connectivity index (χ3v) is 7.61. The van der Waals surface area contributed by atoms with Crippen molar-refractivity contribution in [1.29, 1.82) is 0 Å². The van der Waals surface area contributed by atoms with Gasteiger partial charge in [-0.1, -0.05) is 31.0 Å². The number of para-hydroxylation sites is 1. The SMILES string of the molecule is CC#CC1(O)[C@@H](O)[C@@H](CO[P@@](=O)(C[C@@H](C)C(=O)OC(C)C)Oc2ccccc2)O[C@H]1n1ccc(N)nc1=O. The molecular formula is C25H32N3O9P. The molecule has 0 spiro atoms. The van der Waals surface area contributed by atoms with E-state index in [-0.39, 0.29) is 23.8 Å². The molecule has 1 fully saturated rings. The maximum absolute atomic E-state index is 13.8. The summed E-state index contributed by atoms with van der Waals surface area (Å²) in [5.74, 6) is 3.77. The number of benzene rings is 1. The standard InChI is InChI=1S/C25H32N3O9P/c1-5-12-25(32)21(29)19(36-23(25)28-13-11-20(26)27-24(28)31)14-34-38(33,37-18-9-7-6-8-10-18)15-17(4)22(30)35-16(2)3/h6-11,13,16-17,19,21,23,29,32H,14-15H2,1-4H3,(H2,26,27,31)/t17-,19-,21+,23-,25?,38+/m1/s1. The highest BCUT2D eigenvalue weighted by molar-refractivity contribution is 7.54. The predicted octanol–water partition coefficient (Wildman–Crippen LogP) is 1.71. The van der Waals surface area contributed by atoms with Crippen LogP contribution in [0.15, 0.2) is 47.4 Å². The molecule has 0 amide bonds. The van der Waals surface area contributed by atoms with E-state index in [4.69, 9.17) is 24.3 Å². The number of aliphatic hydroxyl groups is 2. The number of carbonyl (C=O) groups is 1. The Morgan fingerprint density at radius 2 is 1.97 bits per heavy atom. The second kappa shape index (κ2) is 12.1. The minimum atomic E-state index is -4.05. The van der Waals surface area contributed by atoms with Gasteiger partial charge in [0.05, 0.1) is 24.8 Å². The minimum Gasteiger partial charge on any atom is -0.463 e. The number of hydrogen-bond acceptors (Lipinski definition) is 11. The molecule has 0 bridgehead atoms. The zero-order valence-electron chi connectivity index (χ0n) is 21.5. The Hall–Kier alpha value is -3.20. The van der Waals surface area contributed by atoms with Crippen molar-refractivity contribution in [3.8, 4) is 17.6 Å². The maximum Gasteiger partial charge on any atom is 0.380 e. The maximum atomic E-state index is 13.8. The van der Waals surface area contributed by atoms with Crippen molar-refractivity contribution in [3.05, 3.63) is 53.1 Å². The van der Waals surface area contributed by atoms with Crippen molar-refractivity contribution >= 4 is 19.4 Å². The molecule has 6 atom stereocenters. The predicted molar refractivity (Wildman–Crippen MR) is 137 cm³/mol. The number of hydrogen-bond donors (Lipinski definition) is 3. The molecule has 3 rings (SSSR count). The van der Waals surface area contributed by atoms with Crippen LogP contribution in [0.2, 0.25) is 0 Å². The molecule has 1 aliphatic rings. The molecule has 13 heteroatoms. The van der Waals surface area contributed by atoms with Crippen LogP contribution < -0.4 is 15.9 Å². The molecule has 2 heterocycles. The third kappa shape index (κ3) is 6.81. The first-order valence-corrected chi connectivity index (χ1v) is 13.6. The van der Waals surface area contributed by atoms with E-state index in [2.05, 4.69) is 16.8 Å². The highest BCUT2D eigenvalue weighted by atomic mass is 31.2. The summed E-state index contributed by atoms with van der Waals surface area (Å²) >= 11 is 0. The van der Waals surface area contributed by atoms with Crippen LogP contribution in [0.25, 0.3) is 0 Å². The largest absolute Gasteiger partial charge is 0.463 e. The van der Waals surface area contributed by atoms with Crippen LogP contribution >= 0.6 is 7.60 Å². The lowest BCUT2D eigenvalue weighted by atomic mass is 9.94. The molecule has 38 heavy (non-hydrogen) atoms. The average Bonchev–Trinajstić information content (AvgIpc) is 3.08. The first-order valence-electron chi connectivity index (χ1n) is 11.9. The van der Waals surface area contributed by atoms with Crippen LogP contribution in [0.1, 0.15) is 33.9 Å². The fraction of sp³-hybridized carbons (Fsp3) is 0.480. The summed E-state index contributed by atoms with van der Waals surface area (Å²) < 4.78 is 37.1. The van der Waals surface area contributed by atoms with Crippen molar-refractivity contribution in [2.45, 2.75) is 57.8 Å². The molecule has 12 nitrogen and oxygen atoms in total. The fourth-order valence-electron chi connectivity index (χ4n) is 3.83. The van der Waals surface area contributed by atoms with E-state index in [9.17, 15) is 24.4 Å². The van der Waals surface area contributed by atoms with E-state index < -0.39 is 55.8 Å². The van der Waals surface area contributed by atoms with E-state index in [1.165, 1.54) is 26.1 Å². The molecule has 1 aromatic carbocycles. The Morgan fingerprint density at radius 1 is 1.29 bits per heavy atom. The Labute approximate surface area is 220 Å². The number of rotatable bonds is 10. The number of carbonyl (C=O) groups excluding carboxylic acids is 1. The van der Waals surface area contributed by atoms with Gasteiger partial charge in [0.1, 0.15) is 23.8 Å². The Morgan fingerprint density at radius 3 is 2.58 bits per heavy atom. The molecule has 0 aliphatic carbocycles. The molecule has 1 unspecified atom stereocenters. The van der Waals surface area contributed by atoms with E-state index in [1.54, 1.807) is 44.2 Å². The summed E-state index contributed by atoms with van der Waals surface area (Å²) in [4.78, 5) is 28.4. The highest BCUT2D eigenvalue weighted by Crippen LogP contribution is 2.51. The molecule has 4 N–H and O–H groups in total. The van der Waals surface area contributed by atoms with E-state index >= 15 is 0 Å². The Bertz CT molecular complexity index is 1290. The quantitative estimate of drug-likeness (QED) is 0.224. The van der Waals surface area contributed by atoms with Crippen LogP contribution in [-0.4, -0.2) is 62.4 Å². The lowest BCUT2D eigenvalue weighted by Gasteiger charge is -2.26. The van der Waals surface area contributed by atoms with Crippen molar-refractivity contribution in [2.24, 2.45) is 5.92 Å². The van der Waals surface area contributed by atoms with Crippen LogP contribution in [0, 0.1) is 17.8 Å². The zero-order chi connectivity index (χ0) is 28.1. The summed E-state index contributed by atoms with van der Waals surface area (Å²) in [5, 5.41) is 22.2. The number of nitrogens with zero attached hydrogens (tertiary/aromatic N) is 2. The first-order chi connectivity index (χ1) is 17.9. The first kappa shape index (κ1) is 29.4. The smallest absolute Gasteiger partial charge is 0.380 e. The minimum absolute atomic E-state index is 0.0427. The van der Waals surface area contributed by atoms with Crippen molar-refractivity contribution in [1.82, 2.24) is 9.55 Å². The number of aromatic nitrogens is 2. The normalized spacial score (nSPS) is 25.2. The summed E-state index contributed by atoms with van der Waals surface area (Å²) in [6.45, 7) is 5.83. The Kier molecular flexibility index (Phi) is 9.35. The van der Waals surface area contributed by atoms with Crippen LogP contribution in [0.3, 0.4) is 0 Å². The molecule has 206 valence electrons. The zero-order valence-corrected chi connectivity index (χ0v) is 22.4. The number of aliphatic hydroxyl groups excluding tert-OH is 1. The molecule has 1 saturated heterocycles. The van der Waals surface area contributed by atoms with E-state index in [0.717, 1.165) is 4.57 Å². The van der Waals surface area contributed by atoms with Crippen molar-refractivity contribution in [3.63, 3.8) is 0 Å². The fourth-order valence-corrected chi connectivity index (χ4v) is 5.69. The van der Waals surface area contributed by atoms with Gasteiger partial charge in [-0.3, -0.25) is 13.9 Å². The third-order valence-electron chi connectivity index (χ3n) is 5.59. The van der Waals surface area contributed by atoms with Gasteiger partial charge in [0.25, 0.3) is 0 Å². The van der Waals surface area contributed by atoms with Crippen LogP contribution in [0.5, 0.6) is 5.75 Å². The number of esters is 1. The lowest BCUT2D eigenvalue weighted by Crippen LogP contribution is -2.47. The second-order valence-corrected chi connectivity index (χ2v) is 11.1. The van der Waals surface area contributed by atoms with Gasteiger partial charge in [-0.2, -0.15) is 4.98 Å². The van der Waals surface area contributed by atoms with Crippen LogP contribution in [0.4, 0.5) is 5.82 Å².